The molecule has 0 radical (unpaired) electrons. The lowest BCUT2D eigenvalue weighted by molar-refractivity contribution is -0.134. The molecule has 3 aliphatic rings. The first-order chi connectivity index (χ1) is 15.8. The fraction of sp³-hybridized carbons (Fsp3) is 0.583. The molecule has 3 aliphatic heterocycles. The molecule has 3 heterocycles. The number of nitrogens with zero attached hydrogens (tertiary/aromatic N) is 2. The Bertz CT molecular complexity index is 1010. The quantitative estimate of drug-likeness (QED) is 0.660. The van der Waals surface area contributed by atoms with Crippen molar-refractivity contribution < 1.29 is 22.7 Å². The van der Waals surface area contributed by atoms with Gasteiger partial charge in [-0.2, -0.15) is 0 Å². The summed E-state index contributed by atoms with van der Waals surface area (Å²) in [6.45, 7) is 0.950. The highest BCUT2D eigenvalue weighted by molar-refractivity contribution is 7.91. The normalized spacial score (nSPS) is 28.8. The number of allylic oxidation sites excluding steroid dienone is 1. The van der Waals surface area contributed by atoms with Crippen molar-refractivity contribution in [2.75, 3.05) is 38.2 Å². The van der Waals surface area contributed by atoms with Gasteiger partial charge in [-0.1, -0.05) is 30.4 Å². The molecule has 1 aromatic rings. The molecule has 2 amide bonds. The number of benzene rings is 1. The molecule has 0 spiro atoms. The zero-order chi connectivity index (χ0) is 23.4. The van der Waals surface area contributed by atoms with E-state index in [1.807, 2.05) is 24.3 Å². The van der Waals surface area contributed by atoms with Gasteiger partial charge in [-0.05, 0) is 50.3 Å². The lowest BCUT2D eigenvalue weighted by atomic mass is 9.92. The molecule has 8 nitrogen and oxygen atoms in total. The molecule has 180 valence electrons. The minimum Gasteiger partial charge on any atom is -0.483 e. The maximum Gasteiger partial charge on any atom is 0.258 e. The van der Waals surface area contributed by atoms with Crippen molar-refractivity contribution in [2.24, 2.45) is 0 Å². The monoisotopic (exact) mass is 475 g/mol. The first-order valence-corrected chi connectivity index (χ1v) is 13.5. The molecule has 3 atom stereocenters. The Labute approximate surface area is 195 Å². The van der Waals surface area contributed by atoms with Crippen molar-refractivity contribution in [2.45, 2.75) is 50.2 Å². The summed E-state index contributed by atoms with van der Waals surface area (Å²) in [6, 6.07) is 7.41. The number of para-hydroxylation sites is 1. The summed E-state index contributed by atoms with van der Waals surface area (Å²) >= 11 is 0. The molecule has 0 bridgehead atoms. The van der Waals surface area contributed by atoms with Gasteiger partial charge < -0.3 is 15.0 Å². The highest BCUT2D eigenvalue weighted by Gasteiger charge is 2.36. The van der Waals surface area contributed by atoms with Crippen LogP contribution in [-0.4, -0.2) is 86.4 Å². The number of piperidine rings is 1. The van der Waals surface area contributed by atoms with Gasteiger partial charge in [0.1, 0.15) is 5.75 Å². The minimum absolute atomic E-state index is 0.00159. The highest BCUT2D eigenvalue weighted by Crippen LogP contribution is 2.24. The summed E-state index contributed by atoms with van der Waals surface area (Å²) in [6.07, 6.45) is 7.91. The van der Waals surface area contributed by atoms with Crippen LogP contribution in [-0.2, 0) is 25.8 Å². The van der Waals surface area contributed by atoms with Crippen LogP contribution in [0.1, 0.15) is 31.2 Å². The molecule has 0 aliphatic carbocycles. The standard InChI is InChI=1S/C24H33N3O5S/c1-26(19-12-14-33(30,31)17-19)24(29)15-27-13-6-9-20-21(27)10-4-2-7-18-8-3-5-11-22(18)32-16-23(28)25-20/h2-5,8,11,19-21H,6-7,9-10,12-17H2,1H3,(H,25,28)/b4-2+/t19?,20-,21-/m1/s1. The smallest absolute Gasteiger partial charge is 0.258 e. The van der Waals surface area contributed by atoms with Gasteiger partial charge in [0.25, 0.3) is 5.91 Å². The molecule has 4 rings (SSSR count). The molecule has 1 aromatic carbocycles. The first-order valence-electron chi connectivity index (χ1n) is 11.7. The van der Waals surface area contributed by atoms with Gasteiger partial charge in [-0.3, -0.25) is 14.5 Å². The Morgan fingerprint density at radius 2 is 2.06 bits per heavy atom. The third kappa shape index (κ3) is 5.95. The molecule has 1 N–H and O–H groups in total. The number of hydrogen-bond donors (Lipinski definition) is 1. The largest absolute Gasteiger partial charge is 0.483 e. The number of carbonyl (C=O) groups is 2. The Morgan fingerprint density at radius 1 is 1.24 bits per heavy atom. The Hall–Kier alpha value is -2.39. The molecule has 1 unspecified atom stereocenters. The predicted octanol–water partition coefficient (Wildman–Crippen LogP) is 1.16. The van der Waals surface area contributed by atoms with Crippen LogP contribution < -0.4 is 10.1 Å². The molecular weight excluding hydrogens is 442 g/mol. The predicted molar refractivity (Wildman–Crippen MR) is 126 cm³/mol. The zero-order valence-electron chi connectivity index (χ0n) is 19.1. The lowest BCUT2D eigenvalue weighted by Gasteiger charge is -2.42. The third-order valence-electron chi connectivity index (χ3n) is 6.94. The number of carbonyl (C=O) groups excluding carboxylic acids is 2. The number of amides is 2. The average Bonchev–Trinajstić information content (AvgIpc) is 3.15. The number of likely N-dealkylation sites (tertiary alicyclic amines) is 1. The van der Waals surface area contributed by atoms with Gasteiger partial charge >= 0.3 is 0 Å². The van der Waals surface area contributed by atoms with Crippen LogP contribution in [0.25, 0.3) is 0 Å². The highest BCUT2D eigenvalue weighted by atomic mass is 32.2. The SMILES string of the molecule is CN(C(=O)CN1CCC[C@H]2NC(=O)COc3ccccc3C/C=C/C[C@H]21)C1CCS(=O)(=O)C1. The Balaban J connectivity index is 1.46. The van der Waals surface area contributed by atoms with Gasteiger partial charge in [0.05, 0.1) is 18.1 Å². The van der Waals surface area contributed by atoms with Crippen LogP contribution in [0.5, 0.6) is 5.75 Å². The zero-order valence-corrected chi connectivity index (χ0v) is 19.9. The van der Waals surface area contributed by atoms with Gasteiger partial charge in [-0.25, -0.2) is 8.42 Å². The van der Waals surface area contributed by atoms with Gasteiger partial charge in [-0.15, -0.1) is 0 Å². The van der Waals surface area contributed by atoms with E-state index in [4.69, 9.17) is 4.74 Å². The topological polar surface area (TPSA) is 96.0 Å². The number of ether oxygens (including phenoxy) is 1. The van der Waals surface area contributed by atoms with E-state index in [-0.39, 0.29) is 54.6 Å². The number of nitrogens with one attached hydrogen (secondary N) is 1. The molecule has 33 heavy (non-hydrogen) atoms. The summed E-state index contributed by atoms with van der Waals surface area (Å²) < 4.78 is 29.4. The number of rotatable bonds is 3. The van der Waals surface area contributed by atoms with Crippen LogP contribution >= 0.6 is 0 Å². The molecular formula is C24H33N3O5S. The fourth-order valence-electron chi connectivity index (χ4n) is 5.03. The summed E-state index contributed by atoms with van der Waals surface area (Å²) in [5, 5.41) is 3.12. The van der Waals surface area contributed by atoms with Gasteiger partial charge in [0.2, 0.25) is 5.91 Å². The van der Waals surface area contributed by atoms with Crippen molar-refractivity contribution in [3.8, 4) is 5.75 Å². The molecule has 9 heteroatoms. The van der Waals surface area contributed by atoms with Crippen molar-refractivity contribution in [1.29, 1.82) is 0 Å². The number of fused-ring (bicyclic) bond motifs is 2. The first kappa shape index (κ1) is 23.8. The van der Waals surface area contributed by atoms with E-state index < -0.39 is 9.84 Å². The van der Waals surface area contributed by atoms with E-state index in [0.717, 1.165) is 37.1 Å². The van der Waals surface area contributed by atoms with E-state index in [2.05, 4.69) is 22.4 Å². The number of likely N-dealkylation sites (N-methyl/N-ethyl adjacent to an activating group) is 1. The molecule has 2 saturated heterocycles. The maximum atomic E-state index is 13.0. The number of hydrogen-bond acceptors (Lipinski definition) is 6. The Kier molecular flexibility index (Phi) is 7.38. The lowest BCUT2D eigenvalue weighted by Crippen LogP contribution is -2.58. The van der Waals surface area contributed by atoms with E-state index in [9.17, 15) is 18.0 Å². The van der Waals surface area contributed by atoms with E-state index >= 15 is 0 Å². The summed E-state index contributed by atoms with van der Waals surface area (Å²) in [5.41, 5.74) is 1.03. The second-order valence-electron chi connectivity index (χ2n) is 9.22. The molecule has 2 fully saturated rings. The van der Waals surface area contributed by atoms with Crippen LogP contribution in [0.15, 0.2) is 36.4 Å². The van der Waals surface area contributed by atoms with Crippen molar-refractivity contribution >= 4 is 21.7 Å². The van der Waals surface area contributed by atoms with Crippen LogP contribution in [0, 0.1) is 0 Å². The fourth-order valence-corrected chi connectivity index (χ4v) is 6.80. The van der Waals surface area contributed by atoms with Crippen LogP contribution in [0.4, 0.5) is 0 Å². The van der Waals surface area contributed by atoms with Crippen LogP contribution in [0.3, 0.4) is 0 Å². The average molecular weight is 476 g/mol. The van der Waals surface area contributed by atoms with E-state index in [0.29, 0.717) is 12.8 Å². The van der Waals surface area contributed by atoms with Crippen LogP contribution in [0.2, 0.25) is 0 Å². The summed E-state index contributed by atoms with van der Waals surface area (Å²) in [4.78, 5) is 29.4. The van der Waals surface area contributed by atoms with E-state index in [1.165, 1.54) is 0 Å². The maximum absolute atomic E-state index is 13.0. The van der Waals surface area contributed by atoms with Crippen molar-refractivity contribution in [1.82, 2.24) is 15.1 Å². The second kappa shape index (κ2) is 10.3. The van der Waals surface area contributed by atoms with E-state index in [1.54, 1.807) is 11.9 Å². The van der Waals surface area contributed by atoms with Crippen molar-refractivity contribution in [3.63, 3.8) is 0 Å². The third-order valence-corrected chi connectivity index (χ3v) is 8.69. The second-order valence-corrected chi connectivity index (χ2v) is 11.5. The minimum atomic E-state index is -3.05. The summed E-state index contributed by atoms with van der Waals surface area (Å²) in [5.74, 6) is 0.678. The molecule has 0 saturated carbocycles. The Morgan fingerprint density at radius 3 is 2.85 bits per heavy atom. The molecule has 0 aromatic heterocycles. The van der Waals surface area contributed by atoms with Gasteiger partial charge in [0, 0.05) is 25.2 Å². The van der Waals surface area contributed by atoms with Crippen molar-refractivity contribution in [3.05, 3.63) is 42.0 Å². The summed E-state index contributed by atoms with van der Waals surface area (Å²) in [7, 11) is -1.35. The number of sulfone groups is 1. The van der Waals surface area contributed by atoms with Gasteiger partial charge in [0.15, 0.2) is 16.4 Å².